The Labute approximate surface area is 272 Å². The number of benzene rings is 3. The number of imide groups is 1. The fourth-order valence-corrected chi connectivity index (χ4v) is 8.14. The predicted octanol–water partition coefficient (Wildman–Crippen LogP) is 4.61. The number of alkyl halides is 2. The molecule has 2 amide bonds. The molecular formula is C31H22BrCl2FN4O6. The minimum absolute atomic E-state index is 0.0388. The van der Waals surface area contributed by atoms with E-state index >= 15 is 0 Å². The van der Waals surface area contributed by atoms with Gasteiger partial charge in [-0.15, -0.1) is 23.2 Å². The number of aromatic nitrogens is 3. The molecule has 7 rings (SSSR count). The second-order valence-electron chi connectivity index (χ2n) is 11.0. The summed E-state index contributed by atoms with van der Waals surface area (Å²) < 4.78 is 23.2. The van der Waals surface area contributed by atoms with Crippen LogP contribution >= 0.6 is 39.1 Å². The fourth-order valence-electron chi connectivity index (χ4n) is 6.77. The molecule has 3 aromatic carbocycles. The zero-order valence-corrected chi connectivity index (χ0v) is 26.4. The van der Waals surface area contributed by atoms with Crippen LogP contribution in [0.25, 0.3) is 5.69 Å². The smallest absolute Gasteiger partial charge is 0.352 e. The molecule has 1 saturated carbocycles. The summed E-state index contributed by atoms with van der Waals surface area (Å²) in [5.41, 5.74) is -0.426. The fraction of sp³-hybridized carbons (Fsp3) is 0.226. The van der Waals surface area contributed by atoms with Crippen LogP contribution in [0.4, 0.5) is 10.1 Å². The van der Waals surface area contributed by atoms with Crippen molar-refractivity contribution in [3.8, 4) is 17.2 Å². The van der Waals surface area contributed by atoms with E-state index in [4.69, 9.17) is 27.9 Å². The molecule has 2 fully saturated rings. The Morgan fingerprint density at radius 3 is 2.31 bits per heavy atom. The van der Waals surface area contributed by atoms with Gasteiger partial charge in [0.15, 0.2) is 21.2 Å². The Kier molecular flexibility index (Phi) is 6.70. The number of rotatable bonds is 4. The number of carbonyl (C=O) groups excluding carboxylic acids is 2. The molecule has 1 N–H and O–H groups in total. The summed E-state index contributed by atoms with van der Waals surface area (Å²) in [6, 6.07) is 15.1. The third kappa shape index (κ3) is 3.91. The maximum Gasteiger partial charge on any atom is 0.352 e. The number of aromatic hydroxyl groups is 1. The molecule has 4 aromatic rings. The summed E-state index contributed by atoms with van der Waals surface area (Å²) in [4.78, 5) is 52.7. The van der Waals surface area contributed by atoms with E-state index in [0.717, 1.165) is 21.6 Å². The molecule has 1 aliphatic carbocycles. The van der Waals surface area contributed by atoms with Crippen molar-refractivity contribution in [1.29, 1.82) is 0 Å². The lowest BCUT2D eigenvalue weighted by molar-refractivity contribution is -0.122. The molecule has 1 aromatic heterocycles. The van der Waals surface area contributed by atoms with Crippen molar-refractivity contribution in [2.75, 3.05) is 12.0 Å². The van der Waals surface area contributed by atoms with E-state index in [9.17, 15) is 28.7 Å². The number of phenols is 1. The summed E-state index contributed by atoms with van der Waals surface area (Å²) >= 11 is 18.1. The maximum atomic E-state index is 14.4. The molecule has 0 spiro atoms. The van der Waals surface area contributed by atoms with Crippen molar-refractivity contribution >= 4 is 56.6 Å². The van der Waals surface area contributed by atoms with Crippen molar-refractivity contribution in [2.45, 2.75) is 34.7 Å². The molecular weight excluding hydrogens is 694 g/mol. The Morgan fingerprint density at radius 1 is 0.956 bits per heavy atom. The van der Waals surface area contributed by atoms with Gasteiger partial charge in [0.2, 0.25) is 0 Å². The average Bonchev–Trinajstić information content (AvgIpc) is 3.37. The van der Waals surface area contributed by atoms with Gasteiger partial charge in [0.05, 0.1) is 31.1 Å². The number of fused-ring (bicyclic) bond motifs is 4. The van der Waals surface area contributed by atoms with Crippen LogP contribution in [0.3, 0.4) is 0 Å². The molecule has 230 valence electrons. The number of phenolic OH excluding ortho intramolecular Hbond substituents is 1. The Bertz CT molecular complexity index is 2080. The topological polar surface area (TPSA) is 116 Å². The standard InChI is InChI=1S/C31H22BrCl2FN4O6/c1-45-23-14-16(32)13-21(25(23)40)24-20-11-12-36-28(43)38(18-5-3-2-4-6-18)29(44)39(36)22(20)15-30(33)26(41)37(27(42)31(24,30)34)19-9-7-17(35)8-10-19/h2-11,13-14,22,24,40H,12,15H2,1H3/t22-,24-,30-,31+/m1/s1. The van der Waals surface area contributed by atoms with Gasteiger partial charge in [0.1, 0.15) is 5.82 Å². The summed E-state index contributed by atoms with van der Waals surface area (Å²) in [6.07, 6.45) is 1.31. The van der Waals surface area contributed by atoms with Crippen LogP contribution in [-0.4, -0.2) is 47.7 Å². The number of anilines is 1. The van der Waals surface area contributed by atoms with Crippen LogP contribution in [0.5, 0.6) is 11.5 Å². The number of ether oxygens (including phenoxy) is 1. The zero-order chi connectivity index (χ0) is 32.0. The second-order valence-corrected chi connectivity index (χ2v) is 13.2. The number of carbonyl (C=O) groups is 2. The van der Waals surface area contributed by atoms with E-state index in [1.165, 1.54) is 40.7 Å². The maximum absolute atomic E-state index is 14.4. The lowest BCUT2D eigenvalue weighted by Gasteiger charge is -2.49. The lowest BCUT2D eigenvalue weighted by Crippen LogP contribution is -2.59. The third-order valence-corrected chi connectivity index (χ3v) is 10.6. The quantitative estimate of drug-likeness (QED) is 0.188. The summed E-state index contributed by atoms with van der Waals surface area (Å²) in [6.45, 7) is -0.0752. The molecule has 10 nitrogen and oxygen atoms in total. The average molecular weight is 716 g/mol. The minimum atomic E-state index is -2.24. The van der Waals surface area contributed by atoms with Crippen LogP contribution in [0.15, 0.2) is 92.4 Å². The number of hydrogen-bond acceptors (Lipinski definition) is 6. The van der Waals surface area contributed by atoms with Crippen LogP contribution in [0, 0.1) is 5.82 Å². The SMILES string of the molecule is COc1cc(Br)cc([C@H]2C3=CCn4c(=O)n(-c5ccccc5)c(=O)n4[C@@H]3C[C@@]3(Cl)C(=O)N(c4ccc(F)cc4)C(=O)[C@@]23Cl)c1O. The van der Waals surface area contributed by atoms with Gasteiger partial charge in [-0.25, -0.2) is 32.8 Å². The van der Waals surface area contributed by atoms with Gasteiger partial charge in [-0.2, -0.15) is 0 Å². The molecule has 0 unspecified atom stereocenters. The van der Waals surface area contributed by atoms with Gasteiger partial charge >= 0.3 is 11.4 Å². The first-order valence-electron chi connectivity index (χ1n) is 13.7. The molecule has 45 heavy (non-hydrogen) atoms. The van der Waals surface area contributed by atoms with E-state index in [1.807, 2.05) is 0 Å². The van der Waals surface area contributed by atoms with Crippen molar-refractivity contribution in [1.82, 2.24) is 13.9 Å². The van der Waals surface area contributed by atoms with Crippen LogP contribution in [0.2, 0.25) is 0 Å². The Morgan fingerprint density at radius 2 is 1.64 bits per heavy atom. The molecule has 4 atom stereocenters. The number of amides is 2. The molecule has 2 aliphatic heterocycles. The highest BCUT2D eigenvalue weighted by atomic mass is 79.9. The molecule has 14 heteroatoms. The van der Waals surface area contributed by atoms with Gasteiger partial charge < -0.3 is 9.84 Å². The van der Waals surface area contributed by atoms with Crippen molar-refractivity contribution in [3.05, 3.63) is 115 Å². The van der Waals surface area contributed by atoms with E-state index in [2.05, 4.69) is 15.9 Å². The zero-order valence-electron chi connectivity index (χ0n) is 23.3. The summed E-state index contributed by atoms with van der Waals surface area (Å²) in [5.74, 6) is -3.97. The van der Waals surface area contributed by atoms with Gasteiger partial charge in [0, 0.05) is 22.4 Å². The highest BCUT2D eigenvalue weighted by Gasteiger charge is 2.76. The minimum Gasteiger partial charge on any atom is -0.504 e. The first kappa shape index (κ1) is 29.6. The normalized spacial score (nSPS) is 25.4. The molecule has 3 heterocycles. The molecule has 0 radical (unpaired) electrons. The van der Waals surface area contributed by atoms with Crippen LogP contribution < -0.4 is 21.0 Å². The van der Waals surface area contributed by atoms with Gasteiger partial charge in [-0.1, -0.05) is 40.2 Å². The predicted molar refractivity (Wildman–Crippen MR) is 167 cm³/mol. The highest BCUT2D eigenvalue weighted by Crippen LogP contribution is 2.65. The monoisotopic (exact) mass is 714 g/mol. The van der Waals surface area contributed by atoms with Crippen LogP contribution in [-0.2, 0) is 16.1 Å². The Hall–Kier alpha value is -4.13. The van der Waals surface area contributed by atoms with E-state index in [0.29, 0.717) is 15.7 Å². The van der Waals surface area contributed by atoms with Crippen LogP contribution in [0.1, 0.15) is 23.9 Å². The van der Waals surface area contributed by atoms with E-state index < -0.39 is 50.7 Å². The van der Waals surface area contributed by atoms with Gasteiger partial charge in [0.25, 0.3) is 11.8 Å². The number of para-hydroxylation sites is 1. The summed E-state index contributed by atoms with van der Waals surface area (Å²) in [7, 11) is 1.35. The number of allylic oxidation sites excluding steroid dienone is 2. The van der Waals surface area contributed by atoms with E-state index in [-0.39, 0.29) is 35.7 Å². The van der Waals surface area contributed by atoms with Crippen molar-refractivity contribution in [3.63, 3.8) is 0 Å². The number of halogens is 4. The second kappa shape index (κ2) is 10.2. The molecule has 3 aliphatic rings. The van der Waals surface area contributed by atoms with Crippen molar-refractivity contribution < 1.29 is 23.8 Å². The largest absolute Gasteiger partial charge is 0.504 e. The number of hydrogen-bond donors (Lipinski definition) is 1. The van der Waals surface area contributed by atoms with Crippen molar-refractivity contribution in [2.24, 2.45) is 0 Å². The molecule has 1 saturated heterocycles. The lowest BCUT2D eigenvalue weighted by atomic mass is 9.64. The number of methoxy groups -OCH3 is 1. The third-order valence-electron chi connectivity index (χ3n) is 8.78. The highest BCUT2D eigenvalue weighted by molar-refractivity contribution is 9.10. The first-order chi connectivity index (χ1) is 21.4. The molecule has 0 bridgehead atoms. The summed E-state index contributed by atoms with van der Waals surface area (Å²) in [5, 5.41) is 11.4. The van der Waals surface area contributed by atoms with E-state index in [1.54, 1.807) is 36.4 Å². The van der Waals surface area contributed by atoms with Gasteiger partial charge in [-0.05, 0) is 54.1 Å². The Balaban J connectivity index is 1.50. The van der Waals surface area contributed by atoms with Gasteiger partial charge in [-0.3, -0.25) is 9.59 Å². The number of nitrogens with zero attached hydrogens (tertiary/aromatic N) is 4. The first-order valence-corrected chi connectivity index (χ1v) is 15.3.